The van der Waals surface area contributed by atoms with Gasteiger partial charge in [-0.25, -0.2) is 4.98 Å². The topological polar surface area (TPSA) is 47.0 Å². The molecule has 0 aliphatic rings. The summed E-state index contributed by atoms with van der Waals surface area (Å²) in [5, 5.41) is 3.84. The van der Waals surface area contributed by atoms with Crippen LogP contribution in [0.1, 0.15) is 11.4 Å². The number of aromatic nitrogens is 2. The predicted octanol–water partition coefficient (Wildman–Crippen LogP) is 3.40. The number of ether oxygens (including phenoxy) is 1. The van der Waals surface area contributed by atoms with Crippen LogP contribution in [0.3, 0.4) is 0 Å². The van der Waals surface area contributed by atoms with Gasteiger partial charge in [0.05, 0.1) is 0 Å². The number of rotatable bonds is 5. The minimum absolute atomic E-state index is 0.214. The Balaban J connectivity index is 1.82. The molecule has 1 heterocycles. The van der Waals surface area contributed by atoms with Gasteiger partial charge in [-0.05, 0) is 31.0 Å². The summed E-state index contributed by atoms with van der Waals surface area (Å²) < 4.78 is 43.8. The van der Waals surface area contributed by atoms with Gasteiger partial charge in [0.15, 0.2) is 0 Å². The second-order valence-electron chi connectivity index (χ2n) is 4.02. The number of hydrogen-bond donors (Lipinski definition) is 1. The van der Waals surface area contributed by atoms with Gasteiger partial charge in [0.1, 0.15) is 11.6 Å². The van der Waals surface area contributed by atoms with E-state index in [1.807, 2.05) is 0 Å². The summed E-state index contributed by atoms with van der Waals surface area (Å²) in [6.07, 6.45) is -3.98. The van der Waals surface area contributed by atoms with Crippen molar-refractivity contribution in [2.45, 2.75) is 19.7 Å². The van der Waals surface area contributed by atoms with Gasteiger partial charge in [0, 0.05) is 18.1 Å². The average Bonchev–Trinajstić information content (AvgIpc) is 2.75. The van der Waals surface area contributed by atoms with Gasteiger partial charge in [-0.1, -0.05) is 12.1 Å². The second kappa shape index (κ2) is 6.08. The van der Waals surface area contributed by atoms with E-state index in [4.69, 9.17) is 0 Å². The highest BCUT2D eigenvalue weighted by molar-refractivity contribution is 7.09. The van der Waals surface area contributed by atoms with Crippen LogP contribution in [-0.4, -0.2) is 22.3 Å². The maximum absolute atomic E-state index is 12.0. The molecule has 0 aliphatic carbocycles. The highest BCUT2D eigenvalue weighted by Crippen LogP contribution is 2.22. The van der Waals surface area contributed by atoms with E-state index in [9.17, 15) is 13.2 Å². The normalized spacial score (nSPS) is 11.4. The van der Waals surface area contributed by atoms with Crippen molar-refractivity contribution in [1.82, 2.24) is 9.36 Å². The Kier molecular flexibility index (Phi) is 4.43. The average molecular weight is 303 g/mol. The van der Waals surface area contributed by atoms with Crippen LogP contribution in [-0.2, 0) is 6.42 Å². The van der Waals surface area contributed by atoms with Crippen molar-refractivity contribution in [2.75, 3.05) is 11.9 Å². The smallest absolute Gasteiger partial charge is 0.406 e. The van der Waals surface area contributed by atoms with E-state index in [0.29, 0.717) is 18.8 Å². The number of hydrogen-bond acceptors (Lipinski definition) is 5. The predicted molar refractivity (Wildman–Crippen MR) is 70.0 cm³/mol. The third-order valence-electron chi connectivity index (χ3n) is 2.37. The first kappa shape index (κ1) is 14.6. The molecule has 108 valence electrons. The Labute approximate surface area is 117 Å². The summed E-state index contributed by atoms with van der Waals surface area (Å²) in [7, 11) is 0. The summed E-state index contributed by atoms with van der Waals surface area (Å²) in [6.45, 7) is 2.44. The third-order valence-corrected chi connectivity index (χ3v) is 3.14. The van der Waals surface area contributed by atoms with E-state index in [1.165, 1.54) is 23.7 Å². The molecule has 0 saturated heterocycles. The molecule has 4 nitrogen and oxygen atoms in total. The zero-order valence-corrected chi connectivity index (χ0v) is 11.4. The molecule has 0 unspecified atom stereocenters. The fourth-order valence-corrected chi connectivity index (χ4v) is 2.14. The molecule has 0 fully saturated rings. The fraction of sp³-hybridized carbons (Fsp3) is 0.333. The van der Waals surface area contributed by atoms with Crippen LogP contribution in [0.5, 0.6) is 5.75 Å². The summed E-state index contributed by atoms with van der Waals surface area (Å²) in [5.74, 6) is 0.500. The number of anilines is 1. The van der Waals surface area contributed by atoms with Crippen molar-refractivity contribution in [1.29, 1.82) is 0 Å². The Morgan fingerprint density at radius 3 is 2.50 bits per heavy atom. The molecular formula is C12H12F3N3OS. The Morgan fingerprint density at radius 2 is 1.95 bits per heavy atom. The molecule has 0 amide bonds. The van der Waals surface area contributed by atoms with Gasteiger partial charge in [-0.15, -0.1) is 13.2 Å². The van der Waals surface area contributed by atoms with Gasteiger partial charge >= 0.3 is 6.36 Å². The van der Waals surface area contributed by atoms with Crippen LogP contribution in [0, 0.1) is 6.92 Å². The maximum atomic E-state index is 12.0. The van der Waals surface area contributed by atoms with E-state index in [0.717, 1.165) is 10.7 Å². The number of nitrogens with one attached hydrogen (secondary N) is 1. The SMILES string of the molecule is Cc1nsc(NCCc2ccc(OC(F)(F)F)cc2)n1. The lowest BCUT2D eigenvalue weighted by atomic mass is 10.1. The Morgan fingerprint density at radius 1 is 1.25 bits per heavy atom. The van der Waals surface area contributed by atoms with E-state index in [2.05, 4.69) is 19.4 Å². The zero-order chi connectivity index (χ0) is 14.6. The third kappa shape index (κ3) is 4.69. The van der Waals surface area contributed by atoms with Crippen LogP contribution in [0.2, 0.25) is 0 Å². The zero-order valence-electron chi connectivity index (χ0n) is 10.6. The highest BCUT2D eigenvalue weighted by Gasteiger charge is 2.30. The van der Waals surface area contributed by atoms with E-state index < -0.39 is 6.36 Å². The summed E-state index contributed by atoms with van der Waals surface area (Å²) in [4.78, 5) is 4.15. The van der Waals surface area contributed by atoms with Gasteiger partial charge < -0.3 is 10.1 Å². The van der Waals surface area contributed by atoms with Crippen LogP contribution in [0.15, 0.2) is 24.3 Å². The van der Waals surface area contributed by atoms with Gasteiger partial charge in [0.2, 0.25) is 5.13 Å². The first-order valence-corrected chi connectivity index (χ1v) is 6.58. The summed E-state index contributed by atoms with van der Waals surface area (Å²) in [6, 6.07) is 5.82. The highest BCUT2D eigenvalue weighted by atomic mass is 32.1. The van der Waals surface area contributed by atoms with Crippen molar-refractivity contribution < 1.29 is 17.9 Å². The van der Waals surface area contributed by atoms with E-state index in [1.54, 1.807) is 19.1 Å². The van der Waals surface area contributed by atoms with Crippen molar-refractivity contribution in [2.24, 2.45) is 0 Å². The molecule has 1 aromatic carbocycles. The molecule has 0 aliphatic heterocycles. The largest absolute Gasteiger partial charge is 0.573 e. The molecule has 8 heteroatoms. The lowest BCUT2D eigenvalue weighted by Gasteiger charge is -2.09. The summed E-state index contributed by atoms with van der Waals surface area (Å²) >= 11 is 1.28. The quantitative estimate of drug-likeness (QED) is 0.919. The van der Waals surface area contributed by atoms with Crippen LogP contribution >= 0.6 is 11.5 Å². The first-order valence-electron chi connectivity index (χ1n) is 5.81. The molecule has 2 aromatic rings. The molecule has 0 radical (unpaired) electrons. The Bertz CT molecular complexity index is 554. The van der Waals surface area contributed by atoms with E-state index in [-0.39, 0.29) is 5.75 Å². The molecule has 0 bridgehead atoms. The lowest BCUT2D eigenvalue weighted by Crippen LogP contribution is -2.17. The maximum Gasteiger partial charge on any atom is 0.573 e. The lowest BCUT2D eigenvalue weighted by molar-refractivity contribution is -0.274. The van der Waals surface area contributed by atoms with Crippen molar-refractivity contribution in [3.63, 3.8) is 0 Å². The number of alkyl halides is 3. The van der Waals surface area contributed by atoms with E-state index >= 15 is 0 Å². The molecule has 1 N–H and O–H groups in total. The minimum Gasteiger partial charge on any atom is -0.406 e. The van der Waals surface area contributed by atoms with Gasteiger partial charge in [-0.3, -0.25) is 0 Å². The van der Waals surface area contributed by atoms with Crippen LogP contribution < -0.4 is 10.1 Å². The first-order chi connectivity index (χ1) is 9.42. The molecule has 0 atom stereocenters. The minimum atomic E-state index is -4.65. The molecular weight excluding hydrogens is 291 g/mol. The number of nitrogens with zero attached hydrogens (tertiary/aromatic N) is 2. The number of aryl methyl sites for hydroxylation is 1. The number of benzene rings is 1. The van der Waals surface area contributed by atoms with Crippen molar-refractivity contribution in [3.05, 3.63) is 35.7 Å². The van der Waals surface area contributed by atoms with Gasteiger partial charge in [-0.2, -0.15) is 4.37 Å². The molecule has 2 rings (SSSR count). The molecule has 20 heavy (non-hydrogen) atoms. The Hall–Kier alpha value is -1.83. The molecule has 0 saturated carbocycles. The van der Waals surface area contributed by atoms with Crippen molar-refractivity contribution in [3.8, 4) is 5.75 Å². The standard InChI is InChI=1S/C12H12F3N3OS/c1-8-17-11(20-18-8)16-7-6-9-2-4-10(5-3-9)19-12(13,14)15/h2-5H,6-7H2,1H3,(H,16,17,18). The van der Waals surface area contributed by atoms with Crippen molar-refractivity contribution >= 4 is 16.7 Å². The summed E-state index contributed by atoms with van der Waals surface area (Å²) in [5.41, 5.74) is 0.910. The second-order valence-corrected chi connectivity index (χ2v) is 4.77. The van der Waals surface area contributed by atoms with Crippen LogP contribution in [0.4, 0.5) is 18.3 Å². The van der Waals surface area contributed by atoms with Crippen LogP contribution in [0.25, 0.3) is 0 Å². The molecule has 1 aromatic heterocycles. The number of halogens is 3. The molecule has 0 spiro atoms. The van der Waals surface area contributed by atoms with Gasteiger partial charge in [0.25, 0.3) is 0 Å². The monoisotopic (exact) mass is 303 g/mol. The fourth-order valence-electron chi connectivity index (χ4n) is 1.54.